The lowest BCUT2D eigenvalue weighted by Crippen LogP contribution is -2.20. The molecule has 0 fully saturated rings. The second-order valence-electron chi connectivity index (χ2n) is 4.24. The van der Waals surface area contributed by atoms with Crippen LogP contribution in [-0.4, -0.2) is 17.9 Å². The maximum absolute atomic E-state index is 7.42. The van der Waals surface area contributed by atoms with Crippen LogP contribution in [0, 0.1) is 5.41 Å². The van der Waals surface area contributed by atoms with E-state index >= 15 is 0 Å². The quantitative estimate of drug-likeness (QED) is 0.673. The van der Waals surface area contributed by atoms with Crippen molar-refractivity contribution < 1.29 is 0 Å². The maximum Gasteiger partial charge on any atom is 0.141 e. The highest BCUT2D eigenvalue weighted by molar-refractivity contribution is 9.10. The van der Waals surface area contributed by atoms with E-state index in [1.807, 2.05) is 42.3 Å². The van der Waals surface area contributed by atoms with E-state index in [0.717, 1.165) is 16.8 Å². The molecule has 0 spiro atoms. The molecule has 0 unspecified atom stereocenters. The summed E-state index contributed by atoms with van der Waals surface area (Å²) in [5.41, 5.74) is 7.13. The Hall–Kier alpha value is -1.88. The number of benzene rings is 1. The van der Waals surface area contributed by atoms with Crippen LogP contribution < -0.4 is 10.6 Å². The SMILES string of the molecule is CN(Cc1ccccc1Br)c1cccc(C(=N)N)n1. The fraction of sp³-hybridized carbons (Fsp3) is 0.143. The summed E-state index contributed by atoms with van der Waals surface area (Å²) in [6.45, 7) is 0.732. The number of rotatable bonds is 4. The Balaban J connectivity index is 2.20. The standard InChI is InChI=1S/C14H15BrN4/c1-19(9-10-5-2-3-6-11(10)15)13-8-4-7-12(18-13)14(16)17/h2-8H,9H2,1H3,(H3,16,17). The molecule has 1 aromatic heterocycles. The lowest BCUT2D eigenvalue weighted by atomic mass is 10.2. The van der Waals surface area contributed by atoms with Crippen LogP contribution in [0.15, 0.2) is 46.9 Å². The van der Waals surface area contributed by atoms with E-state index in [1.165, 1.54) is 5.56 Å². The average molecular weight is 319 g/mol. The summed E-state index contributed by atoms with van der Waals surface area (Å²) in [6.07, 6.45) is 0. The van der Waals surface area contributed by atoms with E-state index in [1.54, 1.807) is 6.07 Å². The molecule has 2 aromatic rings. The first-order valence-corrected chi connectivity index (χ1v) is 6.63. The molecule has 0 saturated heterocycles. The third kappa shape index (κ3) is 3.32. The number of hydrogen-bond donors (Lipinski definition) is 2. The minimum Gasteiger partial charge on any atom is -0.382 e. The molecule has 1 aromatic carbocycles. The van der Waals surface area contributed by atoms with Crippen LogP contribution >= 0.6 is 15.9 Å². The number of amidine groups is 1. The highest BCUT2D eigenvalue weighted by Crippen LogP contribution is 2.19. The van der Waals surface area contributed by atoms with Crippen LogP contribution in [0.2, 0.25) is 0 Å². The number of nitrogens with two attached hydrogens (primary N) is 1. The molecule has 0 bridgehead atoms. The van der Waals surface area contributed by atoms with Gasteiger partial charge in [-0.25, -0.2) is 4.98 Å². The number of nitrogens with zero attached hydrogens (tertiary/aromatic N) is 2. The van der Waals surface area contributed by atoms with Gasteiger partial charge in [0.2, 0.25) is 0 Å². The van der Waals surface area contributed by atoms with Crippen molar-refractivity contribution in [2.24, 2.45) is 5.73 Å². The van der Waals surface area contributed by atoms with Crippen molar-refractivity contribution in [3.05, 3.63) is 58.2 Å². The van der Waals surface area contributed by atoms with Crippen molar-refractivity contribution in [1.29, 1.82) is 5.41 Å². The zero-order valence-electron chi connectivity index (χ0n) is 10.6. The van der Waals surface area contributed by atoms with E-state index in [-0.39, 0.29) is 5.84 Å². The average Bonchev–Trinajstić information content (AvgIpc) is 2.41. The fourth-order valence-electron chi connectivity index (χ4n) is 1.75. The van der Waals surface area contributed by atoms with Crippen molar-refractivity contribution in [3.8, 4) is 0 Å². The summed E-state index contributed by atoms with van der Waals surface area (Å²) in [7, 11) is 1.96. The van der Waals surface area contributed by atoms with E-state index in [9.17, 15) is 0 Å². The van der Waals surface area contributed by atoms with Crippen molar-refractivity contribution in [2.45, 2.75) is 6.54 Å². The van der Waals surface area contributed by atoms with Crippen LogP contribution in [0.1, 0.15) is 11.3 Å². The Morgan fingerprint density at radius 3 is 2.68 bits per heavy atom. The summed E-state index contributed by atoms with van der Waals surface area (Å²) in [5, 5.41) is 7.42. The fourth-order valence-corrected chi connectivity index (χ4v) is 2.16. The Kier molecular flexibility index (Phi) is 4.16. The van der Waals surface area contributed by atoms with Crippen molar-refractivity contribution >= 4 is 27.6 Å². The van der Waals surface area contributed by atoms with Gasteiger partial charge in [-0.05, 0) is 23.8 Å². The number of halogens is 1. The van der Waals surface area contributed by atoms with Crippen molar-refractivity contribution in [2.75, 3.05) is 11.9 Å². The number of aromatic nitrogens is 1. The Morgan fingerprint density at radius 2 is 2.00 bits per heavy atom. The Morgan fingerprint density at radius 1 is 1.26 bits per heavy atom. The molecule has 1 heterocycles. The number of hydrogen-bond acceptors (Lipinski definition) is 3. The normalized spacial score (nSPS) is 10.2. The Labute approximate surface area is 120 Å². The minimum absolute atomic E-state index is 0.0175. The molecule has 0 aliphatic heterocycles. The van der Waals surface area contributed by atoms with Gasteiger partial charge in [-0.2, -0.15) is 0 Å². The summed E-state index contributed by atoms with van der Waals surface area (Å²) in [4.78, 5) is 6.38. The molecule has 19 heavy (non-hydrogen) atoms. The highest BCUT2D eigenvalue weighted by Gasteiger charge is 2.07. The van der Waals surface area contributed by atoms with Crippen LogP contribution in [0.25, 0.3) is 0 Å². The van der Waals surface area contributed by atoms with E-state index in [4.69, 9.17) is 11.1 Å². The van der Waals surface area contributed by atoms with Gasteiger partial charge in [-0.3, -0.25) is 5.41 Å². The molecule has 5 heteroatoms. The predicted octanol–water partition coefficient (Wildman–Crippen LogP) is 2.76. The number of nitrogens with one attached hydrogen (secondary N) is 1. The van der Waals surface area contributed by atoms with Crippen LogP contribution in [-0.2, 0) is 6.54 Å². The van der Waals surface area contributed by atoms with Crippen molar-refractivity contribution in [1.82, 2.24) is 4.98 Å². The largest absolute Gasteiger partial charge is 0.382 e. The number of nitrogen functional groups attached to an aromatic ring is 1. The smallest absolute Gasteiger partial charge is 0.141 e. The summed E-state index contributed by atoms with van der Waals surface area (Å²) < 4.78 is 1.07. The molecule has 0 amide bonds. The molecule has 3 N–H and O–H groups in total. The molecular formula is C14H15BrN4. The minimum atomic E-state index is -0.0175. The molecule has 0 aliphatic rings. The maximum atomic E-state index is 7.42. The van der Waals surface area contributed by atoms with E-state index < -0.39 is 0 Å². The third-order valence-electron chi connectivity index (χ3n) is 2.77. The van der Waals surface area contributed by atoms with Crippen LogP contribution in [0.5, 0.6) is 0 Å². The van der Waals surface area contributed by atoms with Gasteiger partial charge in [-0.15, -0.1) is 0 Å². The first kappa shape index (κ1) is 13.5. The van der Waals surface area contributed by atoms with Gasteiger partial charge in [0.1, 0.15) is 17.3 Å². The number of pyridine rings is 1. The zero-order chi connectivity index (χ0) is 13.8. The topological polar surface area (TPSA) is 66.0 Å². The zero-order valence-corrected chi connectivity index (χ0v) is 12.2. The molecule has 0 atom stereocenters. The molecule has 0 aliphatic carbocycles. The first-order chi connectivity index (χ1) is 9.08. The summed E-state index contributed by atoms with van der Waals surface area (Å²) in [6, 6.07) is 13.6. The van der Waals surface area contributed by atoms with Crippen LogP contribution in [0.3, 0.4) is 0 Å². The van der Waals surface area contributed by atoms with Gasteiger partial charge < -0.3 is 10.6 Å². The third-order valence-corrected chi connectivity index (χ3v) is 3.54. The van der Waals surface area contributed by atoms with E-state index in [0.29, 0.717) is 5.69 Å². The van der Waals surface area contributed by atoms with Gasteiger partial charge in [0.05, 0.1) is 0 Å². The molecule has 2 rings (SSSR count). The summed E-state index contributed by atoms with van der Waals surface area (Å²) >= 11 is 3.53. The molecule has 4 nitrogen and oxygen atoms in total. The second-order valence-corrected chi connectivity index (χ2v) is 5.10. The molecule has 0 saturated carbocycles. The predicted molar refractivity (Wildman–Crippen MR) is 81.5 cm³/mol. The first-order valence-electron chi connectivity index (χ1n) is 5.84. The van der Waals surface area contributed by atoms with Crippen LogP contribution in [0.4, 0.5) is 5.82 Å². The van der Waals surface area contributed by atoms with Gasteiger partial charge in [0.25, 0.3) is 0 Å². The molecular weight excluding hydrogens is 304 g/mol. The lowest BCUT2D eigenvalue weighted by molar-refractivity contribution is 0.892. The Bertz CT molecular complexity index is 598. The number of anilines is 1. The molecule has 98 valence electrons. The lowest BCUT2D eigenvalue weighted by Gasteiger charge is -2.19. The molecule has 0 radical (unpaired) electrons. The van der Waals surface area contributed by atoms with Gasteiger partial charge in [-0.1, -0.05) is 40.2 Å². The van der Waals surface area contributed by atoms with E-state index in [2.05, 4.69) is 27.0 Å². The second kappa shape index (κ2) is 5.84. The van der Waals surface area contributed by atoms with Gasteiger partial charge in [0.15, 0.2) is 0 Å². The van der Waals surface area contributed by atoms with Gasteiger partial charge in [0, 0.05) is 18.1 Å². The van der Waals surface area contributed by atoms with Gasteiger partial charge >= 0.3 is 0 Å². The van der Waals surface area contributed by atoms with Crippen molar-refractivity contribution in [3.63, 3.8) is 0 Å². The summed E-state index contributed by atoms with van der Waals surface area (Å²) in [5.74, 6) is 0.777. The highest BCUT2D eigenvalue weighted by atomic mass is 79.9. The monoisotopic (exact) mass is 318 g/mol.